The molecule has 6 aliphatic heterocycles. The zero-order chi connectivity index (χ0) is 47.8. The summed E-state index contributed by atoms with van der Waals surface area (Å²) in [6.07, 6.45) is 7.92. The van der Waals surface area contributed by atoms with Crippen molar-refractivity contribution in [1.29, 1.82) is 0 Å². The van der Waals surface area contributed by atoms with Crippen LogP contribution in [0, 0.1) is 29.6 Å². The van der Waals surface area contributed by atoms with Crippen LogP contribution >= 0.6 is 0 Å². The van der Waals surface area contributed by atoms with E-state index in [1.807, 2.05) is 45.9 Å². The number of hydrogen-bond donors (Lipinski definition) is 2. The smallest absolute Gasteiger partial charge is 0.316 e. The van der Waals surface area contributed by atoms with Gasteiger partial charge in [0.25, 0.3) is 0 Å². The monoisotopic (exact) mass is 929 g/mol. The van der Waals surface area contributed by atoms with Gasteiger partial charge in [-0.05, 0) is 62.8 Å². The van der Waals surface area contributed by atoms with Gasteiger partial charge in [0.05, 0.1) is 43.2 Å². The standard InChI is InChI=1S/C51H76O15/c1-13-26(2)43-29(5)19-20-50(66-43)24-37-22-36(65-50)18-17-28(4)42(27(3)15-14-16-35-25-58-47-41(53)30(6)21-38(48(54)62-37)51(35,47)55)63-40-23-39(56-11)45(32(8)59-40)64-49-31(7)44(57-12)46(33(9)60-49)61-34(10)52/h14-17,19-21,26-27,29,31-33,36-47,49,53,55H,13,18,22-25H2,1-12H3/b15-14+,28-17+,35-16+/t26-,27-,29-,31?,32-,33-,36+,37-,38-,39-,40-,41+,42-,43+,44+,45-,46-,47+,49+,50+,51+/m0/s1. The Morgan fingerprint density at radius 1 is 0.924 bits per heavy atom. The number of methoxy groups -OCH3 is 2. The van der Waals surface area contributed by atoms with E-state index in [9.17, 15) is 19.8 Å². The van der Waals surface area contributed by atoms with Crippen LogP contribution in [0.5, 0.6) is 0 Å². The van der Waals surface area contributed by atoms with Crippen LogP contribution in [-0.2, 0) is 61.7 Å². The molecule has 0 saturated carbocycles. The normalized spacial score (nSPS) is 47.9. The maximum atomic E-state index is 14.4. The number of esters is 2. The van der Waals surface area contributed by atoms with E-state index in [1.54, 1.807) is 33.3 Å². The molecule has 2 bridgehead atoms. The van der Waals surface area contributed by atoms with Gasteiger partial charge in [0.1, 0.15) is 42.0 Å². The Balaban J connectivity index is 1.17. The topological polar surface area (TPSA) is 176 Å². The van der Waals surface area contributed by atoms with Crippen molar-refractivity contribution in [2.24, 2.45) is 29.6 Å². The minimum Gasteiger partial charge on any atom is -0.462 e. The molecule has 66 heavy (non-hydrogen) atoms. The van der Waals surface area contributed by atoms with Crippen molar-refractivity contribution in [3.63, 3.8) is 0 Å². The molecule has 370 valence electrons. The summed E-state index contributed by atoms with van der Waals surface area (Å²) < 4.78 is 70.2. The maximum absolute atomic E-state index is 14.4. The van der Waals surface area contributed by atoms with Gasteiger partial charge >= 0.3 is 11.9 Å². The number of rotatable bonds is 9. The number of hydrogen-bond acceptors (Lipinski definition) is 15. The molecule has 2 N–H and O–H groups in total. The Hall–Kier alpha value is -2.80. The molecule has 4 saturated heterocycles. The lowest BCUT2D eigenvalue weighted by molar-refractivity contribution is -0.332. The van der Waals surface area contributed by atoms with Crippen molar-refractivity contribution in [3.8, 4) is 0 Å². The first-order valence-corrected chi connectivity index (χ1v) is 24.2. The Bertz CT molecular complexity index is 1880. The third-order valence-electron chi connectivity index (χ3n) is 15.2. The molecule has 1 unspecified atom stereocenters. The highest BCUT2D eigenvalue weighted by Crippen LogP contribution is 2.47. The van der Waals surface area contributed by atoms with E-state index in [-0.39, 0.29) is 42.8 Å². The molecule has 15 nitrogen and oxygen atoms in total. The number of carbonyl (C=O) groups excluding carboxylic acids is 2. The molecular formula is C51H76O15. The van der Waals surface area contributed by atoms with Crippen LogP contribution in [0.1, 0.15) is 101 Å². The predicted octanol–water partition coefficient (Wildman–Crippen LogP) is 6.19. The summed E-state index contributed by atoms with van der Waals surface area (Å²) in [4.78, 5) is 26.3. The van der Waals surface area contributed by atoms with E-state index in [1.165, 1.54) is 6.92 Å². The highest BCUT2D eigenvalue weighted by atomic mass is 16.7. The molecule has 4 fully saturated rings. The van der Waals surface area contributed by atoms with Crippen LogP contribution in [0.3, 0.4) is 0 Å². The van der Waals surface area contributed by atoms with Gasteiger partial charge in [0, 0.05) is 58.2 Å². The SMILES string of the molecule is CC[C@H](C)[C@H]1O[C@]2(C=C[C@@H]1C)C[C@@H]1C[C@@H](C/C=C(\C)[C@@H](O[C@H]3C[C@H](OC)[C@@H](O[C@H]4O[C@@H](C)[C@H](OC(C)=O)[C@H](OC)C4C)[C@H](C)O3)[C@@H](C)/C=C/C=C3\CO[C@@H]4[C@H](O)C(C)=C[C@@H](C(=O)O1)[C@]34O)O2. The van der Waals surface area contributed by atoms with Crippen molar-refractivity contribution in [3.05, 3.63) is 59.3 Å². The van der Waals surface area contributed by atoms with E-state index in [0.29, 0.717) is 30.4 Å². The second-order valence-corrected chi connectivity index (χ2v) is 20.0. The van der Waals surface area contributed by atoms with Crippen LogP contribution < -0.4 is 0 Å². The van der Waals surface area contributed by atoms with Crippen LogP contribution in [0.4, 0.5) is 0 Å². The van der Waals surface area contributed by atoms with E-state index >= 15 is 0 Å². The van der Waals surface area contributed by atoms with E-state index in [2.05, 4.69) is 39.8 Å². The molecule has 7 aliphatic rings. The zero-order valence-electron chi connectivity index (χ0n) is 41.0. The molecule has 6 heterocycles. The Labute approximate surface area is 391 Å². The second kappa shape index (κ2) is 21.1. The molecule has 7 rings (SSSR count). The fourth-order valence-corrected chi connectivity index (χ4v) is 11.2. The van der Waals surface area contributed by atoms with Gasteiger partial charge in [-0.3, -0.25) is 9.59 Å². The molecule has 0 aromatic carbocycles. The molecule has 0 aromatic heterocycles. The third kappa shape index (κ3) is 10.4. The largest absolute Gasteiger partial charge is 0.462 e. The number of fused-ring (bicyclic) bond motifs is 2. The zero-order valence-corrected chi connectivity index (χ0v) is 41.0. The van der Waals surface area contributed by atoms with E-state index in [4.69, 9.17) is 52.1 Å². The molecule has 1 spiro atoms. The van der Waals surface area contributed by atoms with Crippen molar-refractivity contribution in [2.75, 3.05) is 20.8 Å². The highest BCUT2D eigenvalue weighted by Gasteiger charge is 2.60. The van der Waals surface area contributed by atoms with Gasteiger partial charge < -0.3 is 62.3 Å². The Morgan fingerprint density at radius 2 is 1.67 bits per heavy atom. The van der Waals surface area contributed by atoms with Gasteiger partial charge in [-0.2, -0.15) is 0 Å². The summed E-state index contributed by atoms with van der Waals surface area (Å²) in [5, 5.41) is 23.8. The first kappa shape index (κ1) is 51.1. The number of carbonyl (C=O) groups is 2. The average Bonchev–Trinajstić information content (AvgIpc) is 3.61. The first-order valence-electron chi connectivity index (χ1n) is 24.2. The molecule has 21 atom stereocenters. The molecule has 0 amide bonds. The average molecular weight is 929 g/mol. The second-order valence-electron chi connectivity index (χ2n) is 20.0. The summed E-state index contributed by atoms with van der Waals surface area (Å²) in [5.74, 6) is -3.32. The minimum atomic E-state index is -1.85. The Morgan fingerprint density at radius 3 is 2.36 bits per heavy atom. The van der Waals surface area contributed by atoms with E-state index < -0.39 is 109 Å². The van der Waals surface area contributed by atoms with Crippen LogP contribution in [0.15, 0.2) is 59.3 Å². The number of aliphatic hydroxyl groups excluding tert-OH is 1. The lowest BCUT2D eigenvalue weighted by Gasteiger charge is -2.48. The lowest BCUT2D eigenvalue weighted by atomic mass is 9.71. The summed E-state index contributed by atoms with van der Waals surface area (Å²) in [6.45, 7) is 19.4. The predicted molar refractivity (Wildman–Crippen MR) is 241 cm³/mol. The molecular weight excluding hydrogens is 853 g/mol. The van der Waals surface area contributed by atoms with Gasteiger partial charge in [-0.1, -0.05) is 77.5 Å². The van der Waals surface area contributed by atoms with Crippen molar-refractivity contribution < 1.29 is 71.9 Å². The fourth-order valence-electron chi connectivity index (χ4n) is 11.2. The number of ether oxygens (including phenoxy) is 11. The Kier molecular flexibility index (Phi) is 16.3. The summed E-state index contributed by atoms with van der Waals surface area (Å²) >= 11 is 0. The van der Waals surface area contributed by atoms with Crippen LogP contribution in [0.25, 0.3) is 0 Å². The van der Waals surface area contributed by atoms with Crippen molar-refractivity contribution in [1.82, 2.24) is 0 Å². The van der Waals surface area contributed by atoms with Gasteiger partial charge in [0.2, 0.25) is 0 Å². The van der Waals surface area contributed by atoms with Gasteiger partial charge in [-0.15, -0.1) is 0 Å². The van der Waals surface area contributed by atoms with Crippen LogP contribution in [0.2, 0.25) is 0 Å². The molecule has 0 radical (unpaired) electrons. The van der Waals surface area contributed by atoms with Gasteiger partial charge in [-0.25, -0.2) is 0 Å². The summed E-state index contributed by atoms with van der Waals surface area (Å²) in [7, 11) is 3.23. The fraction of sp³-hybridized carbons (Fsp3) is 0.765. The lowest BCUT2D eigenvalue weighted by Crippen LogP contribution is -2.59. The highest BCUT2D eigenvalue weighted by molar-refractivity contribution is 5.78. The summed E-state index contributed by atoms with van der Waals surface area (Å²) in [6, 6.07) is 0. The maximum Gasteiger partial charge on any atom is 0.316 e. The quantitative estimate of drug-likeness (QED) is 0.198. The molecule has 15 heteroatoms. The van der Waals surface area contributed by atoms with Crippen molar-refractivity contribution in [2.45, 2.75) is 199 Å². The number of allylic oxidation sites excluding steroid dienone is 2. The van der Waals surface area contributed by atoms with Crippen molar-refractivity contribution >= 4 is 11.9 Å². The third-order valence-corrected chi connectivity index (χ3v) is 15.2. The molecule has 1 aliphatic carbocycles. The van der Waals surface area contributed by atoms with Gasteiger partial charge in [0.15, 0.2) is 24.5 Å². The number of aliphatic hydroxyl groups is 2. The van der Waals surface area contributed by atoms with Crippen LogP contribution in [-0.4, -0.2) is 140 Å². The molecule has 0 aromatic rings. The first-order chi connectivity index (χ1) is 31.3. The minimum absolute atomic E-state index is 0.0227. The summed E-state index contributed by atoms with van der Waals surface area (Å²) in [5.41, 5.74) is 0.0972. The van der Waals surface area contributed by atoms with E-state index in [0.717, 1.165) is 12.0 Å².